The van der Waals surface area contributed by atoms with Crippen molar-refractivity contribution < 1.29 is 24.2 Å². The first-order chi connectivity index (χ1) is 10.5. The summed E-state index contributed by atoms with van der Waals surface area (Å²) in [6.07, 6.45) is 4.13. The van der Waals surface area contributed by atoms with Crippen molar-refractivity contribution in [3.8, 4) is 0 Å². The van der Waals surface area contributed by atoms with Crippen LogP contribution in [0, 0.1) is 0 Å². The van der Waals surface area contributed by atoms with Crippen molar-refractivity contribution in [1.82, 2.24) is 14.9 Å². The van der Waals surface area contributed by atoms with Crippen molar-refractivity contribution in [3.63, 3.8) is 0 Å². The number of amides is 2. The minimum absolute atomic E-state index is 0.0774. The van der Waals surface area contributed by atoms with Crippen molar-refractivity contribution in [2.75, 3.05) is 5.75 Å². The lowest BCUT2D eigenvalue weighted by atomic mass is 10.0. The fourth-order valence-corrected chi connectivity index (χ4v) is 4.05. The molecular weight excluding hydrogens is 308 g/mol. The Bertz CT molecular complexity index is 683. The van der Waals surface area contributed by atoms with Crippen LogP contribution in [0.2, 0.25) is 0 Å². The Hall–Kier alpha value is -2.29. The van der Waals surface area contributed by atoms with Gasteiger partial charge in [0.25, 0.3) is 5.91 Å². The monoisotopic (exact) mass is 322 g/mol. The normalized spacial score (nSPS) is 23.9. The van der Waals surface area contributed by atoms with E-state index >= 15 is 0 Å². The fraction of sp³-hybridized carbons (Fsp3) is 0.385. The summed E-state index contributed by atoms with van der Waals surface area (Å²) in [6.45, 7) is 0.363. The number of aromatic nitrogens is 2. The number of hydrogen-bond donors (Lipinski definition) is 1. The first-order valence-electron chi connectivity index (χ1n) is 6.63. The molecule has 3 heterocycles. The molecule has 1 N–H and O–H groups in total. The van der Waals surface area contributed by atoms with E-state index < -0.39 is 17.9 Å². The number of β-lactam (4-membered cyclic amide) rings is 1. The van der Waals surface area contributed by atoms with Crippen molar-refractivity contribution in [3.05, 3.63) is 29.7 Å². The molecule has 0 aromatic carbocycles. The van der Waals surface area contributed by atoms with Gasteiger partial charge in [0.2, 0.25) is 6.41 Å². The third kappa shape index (κ3) is 2.17. The van der Waals surface area contributed by atoms with Gasteiger partial charge in [-0.3, -0.25) is 14.5 Å². The average molecular weight is 322 g/mol. The number of fused-ring (bicyclic) bond motifs is 1. The van der Waals surface area contributed by atoms with Gasteiger partial charge in [-0.2, -0.15) is 4.68 Å². The summed E-state index contributed by atoms with van der Waals surface area (Å²) in [6, 6.07) is 1.18. The van der Waals surface area contributed by atoms with Gasteiger partial charge < -0.3 is 15.2 Å². The lowest BCUT2D eigenvalue weighted by molar-refractivity contribution is -0.752. The summed E-state index contributed by atoms with van der Waals surface area (Å²) >= 11 is 1.43. The number of carboxylic acid groups (broad SMARTS) is 1. The van der Waals surface area contributed by atoms with Crippen LogP contribution in [0.3, 0.4) is 0 Å². The topological polar surface area (TPSA) is 98.3 Å². The maximum absolute atomic E-state index is 12.1. The van der Waals surface area contributed by atoms with E-state index in [2.05, 4.69) is 5.32 Å². The van der Waals surface area contributed by atoms with Gasteiger partial charge in [0, 0.05) is 11.8 Å². The third-order valence-electron chi connectivity index (χ3n) is 3.81. The minimum atomic E-state index is -1.37. The van der Waals surface area contributed by atoms with Crippen LogP contribution in [0.4, 0.5) is 0 Å². The van der Waals surface area contributed by atoms with Gasteiger partial charge in [-0.05, 0) is 5.57 Å². The van der Waals surface area contributed by atoms with Gasteiger partial charge in [-0.25, -0.2) is 0 Å². The third-order valence-corrected chi connectivity index (χ3v) is 5.15. The van der Waals surface area contributed by atoms with E-state index in [0.717, 1.165) is 0 Å². The van der Waals surface area contributed by atoms with E-state index in [4.69, 9.17) is 0 Å². The van der Waals surface area contributed by atoms with Crippen LogP contribution >= 0.6 is 11.8 Å². The standard InChI is InChI=1S/C13H14N4O4S/c1-15-3-2-4-16(15)5-8-6-22-12-9(14-7-18)11(19)17(12)10(8)13(20)21/h2-4,7,9,12H,5-6H2,1H3,(H-,14,18,20,21)/t9-,12-/m1/s1. The molecule has 0 bridgehead atoms. The number of nitrogens with one attached hydrogen (secondary N) is 1. The zero-order chi connectivity index (χ0) is 15.9. The summed E-state index contributed by atoms with van der Waals surface area (Å²) in [4.78, 5) is 35.3. The Labute approximate surface area is 130 Å². The number of nitrogens with zero attached hydrogens (tertiary/aromatic N) is 3. The summed E-state index contributed by atoms with van der Waals surface area (Å²) < 4.78 is 3.66. The van der Waals surface area contributed by atoms with Crippen LogP contribution in [0.1, 0.15) is 0 Å². The van der Waals surface area contributed by atoms with Crippen molar-refractivity contribution in [2.45, 2.75) is 18.0 Å². The Kier molecular flexibility index (Phi) is 3.65. The molecule has 0 aliphatic carbocycles. The van der Waals surface area contributed by atoms with Crippen LogP contribution in [0.5, 0.6) is 0 Å². The summed E-state index contributed by atoms with van der Waals surface area (Å²) in [5.74, 6) is -1.32. The molecule has 1 aromatic rings. The van der Waals surface area contributed by atoms with E-state index in [1.165, 1.54) is 16.7 Å². The summed E-state index contributed by atoms with van der Waals surface area (Å²) in [5, 5.41) is 13.5. The number of carboxylic acids is 1. The number of aliphatic carboxylic acids is 1. The smallest absolute Gasteiger partial charge is 0.253 e. The molecule has 2 aliphatic rings. The number of hydrogen-bond acceptors (Lipinski definition) is 5. The lowest BCUT2D eigenvalue weighted by Crippen LogP contribution is -2.70. The van der Waals surface area contributed by atoms with Crippen LogP contribution < -0.4 is 15.1 Å². The lowest BCUT2D eigenvalue weighted by Gasteiger charge is -2.50. The zero-order valence-electron chi connectivity index (χ0n) is 11.8. The summed E-state index contributed by atoms with van der Waals surface area (Å²) in [5.41, 5.74) is 0.539. The number of carbonyl (C=O) groups excluding carboxylic acids is 3. The Morgan fingerprint density at radius 1 is 1.64 bits per heavy atom. The van der Waals surface area contributed by atoms with E-state index in [0.29, 0.717) is 24.3 Å². The molecule has 2 amide bonds. The Morgan fingerprint density at radius 2 is 2.41 bits per heavy atom. The largest absolute Gasteiger partial charge is 0.543 e. The van der Waals surface area contributed by atoms with Gasteiger partial charge in [-0.15, -0.1) is 16.4 Å². The predicted octanol–water partition coefficient (Wildman–Crippen LogP) is -2.65. The molecule has 9 heteroatoms. The fourth-order valence-electron chi connectivity index (χ4n) is 2.70. The Balaban J connectivity index is 1.91. The first kappa shape index (κ1) is 14.6. The number of thioether (sulfide) groups is 1. The summed E-state index contributed by atoms with van der Waals surface area (Å²) in [7, 11) is 1.84. The van der Waals surface area contributed by atoms with E-state index in [1.807, 2.05) is 34.9 Å². The molecule has 116 valence electrons. The van der Waals surface area contributed by atoms with E-state index in [1.54, 1.807) is 0 Å². The quantitative estimate of drug-likeness (QED) is 0.363. The molecule has 2 atom stereocenters. The van der Waals surface area contributed by atoms with Crippen molar-refractivity contribution >= 4 is 30.0 Å². The van der Waals surface area contributed by atoms with Crippen LogP contribution in [-0.2, 0) is 28.0 Å². The Morgan fingerprint density at radius 3 is 3.00 bits per heavy atom. The maximum Gasteiger partial charge on any atom is 0.253 e. The average Bonchev–Trinajstić information content (AvgIpc) is 2.89. The van der Waals surface area contributed by atoms with Crippen LogP contribution in [-0.4, -0.2) is 45.0 Å². The predicted molar refractivity (Wildman–Crippen MR) is 73.7 cm³/mol. The second-order valence-corrected chi connectivity index (χ2v) is 6.18. The molecule has 1 saturated heterocycles. The van der Waals surface area contributed by atoms with Crippen molar-refractivity contribution in [1.29, 1.82) is 0 Å². The second-order valence-electron chi connectivity index (χ2n) is 5.07. The van der Waals surface area contributed by atoms with Crippen LogP contribution in [0.25, 0.3) is 0 Å². The molecule has 8 nitrogen and oxygen atoms in total. The highest BCUT2D eigenvalue weighted by atomic mass is 32.2. The van der Waals surface area contributed by atoms with Gasteiger partial charge in [-0.1, -0.05) is 0 Å². The molecule has 0 saturated carbocycles. The maximum atomic E-state index is 12.1. The molecule has 2 aliphatic heterocycles. The number of aryl methyl sites for hydroxylation is 1. The molecule has 0 unspecified atom stereocenters. The van der Waals surface area contributed by atoms with E-state index in [-0.39, 0.29) is 11.1 Å². The van der Waals surface area contributed by atoms with Crippen LogP contribution in [0.15, 0.2) is 29.7 Å². The highest BCUT2D eigenvalue weighted by Crippen LogP contribution is 2.40. The molecular formula is C13H14N4O4S. The van der Waals surface area contributed by atoms with Gasteiger partial charge >= 0.3 is 0 Å². The zero-order valence-corrected chi connectivity index (χ0v) is 12.6. The number of carbonyl (C=O) groups is 3. The number of rotatable bonds is 5. The van der Waals surface area contributed by atoms with E-state index in [9.17, 15) is 19.5 Å². The molecule has 3 rings (SSSR count). The highest BCUT2D eigenvalue weighted by molar-refractivity contribution is 8.00. The highest BCUT2D eigenvalue weighted by Gasteiger charge is 2.52. The van der Waals surface area contributed by atoms with Gasteiger partial charge in [0.05, 0.1) is 17.9 Å². The van der Waals surface area contributed by atoms with Crippen molar-refractivity contribution in [2.24, 2.45) is 7.05 Å². The minimum Gasteiger partial charge on any atom is -0.543 e. The van der Waals surface area contributed by atoms with Gasteiger partial charge in [0.15, 0.2) is 13.2 Å². The SMILES string of the molecule is C[n+]1cccn1CC1=C(C(=O)[O-])N2C(=O)[C@@H](NC=O)[C@H]2SC1. The molecule has 0 radical (unpaired) electrons. The molecule has 1 aromatic heterocycles. The van der Waals surface area contributed by atoms with Gasteiger partial charge in [0.1, 0.15) is 18.0 Å². The first-order valence-corrected chi connectivity index (χ1v) is 7.68. The molecule has 22 heavy (non-hydrogen) atoms. The molecule has 0 spiro atoms. The second kappa shape index (κ2) is 5.48. The molecule has 1 fully saturated rings.